The Labute approximate surface area is 127 Å². The molecule has 3 N–H and O–H groups in total. The Kier molecular flexibility index (Phi) is 4.40. The SMILES string of the molecule is Cc1nnc(NS(=O)(=O)c2ccc(CN)cc2Cl)nc1C. The number of nitrogens with two attached hydrogens (primary N) is 1. The largest absolute Gasteiger partial charge is 0.326 e. The van der Waals surface area contributed by atoms with E-state index in [2.05, 4.69) is 19.9 Å². The van der Waals surface area contributed by atoms with E-state index in [0.29, 0.717) is 11.4 Å². The minimum absolute atomic E-state index is 0.0665. The van der Waals surface area contributed by atoms with Crippen molar-refractivity contribution >= 4 is 27.6 Å². The highest BCUT2D eigenvalue weighted by Crippen LogP contribution is 2.24. The Morgan fingerprint density at radius 2 is 1.95 bits per heavy atom. The summed E-state index contributed by atoms with van der Waals surface area (Å²) in [6, 6.07) is 4.50. The molecule has 0 saturated heterocycles. The molecule has 21 heavy (non-hydrogen) atoms. The fourth-order valence-corrected chi connectivity index (χ4v) is 3.07. The van der Waals surface area contributed by atoms with Gasteiger partial charge in [-0.15, -0.1) is 5.10 Å². The Morgan fingerprint density at radius 1 is 1.24 bits per heavy atom. The smallest absolute Gasteiger partial charge is 0.265 e. The maximum atomic E-state index is 12.3. The van der Waals surface area contributed by atoms with E-state index in [-0.39, 0.29) is 22.4 Å². The van der Waals surface area contributed by atoms with Crippen LogP contribution in [-0.4, -0.2) is 23.6 Å². The molecule has 0 bridgehead atoms. The third-order valence-electron chi connectivity index (χ3n) is 2.84. The summed E-state index contributed by atoms with van der Waals surface area (Å²) < 4.78 is 26.8. The van der Waals surface area contributed by atoms with Crippen LogP contribution in [0, 0.1) is 13.8 Å². The van der Waals surface area contributed by atoms with E-state index in [9.17, 15) is 8.42 Å². The number of anilines is 1. The van der Waals surface area contributed by atoms with E-state index in [1.54, 1.807) is 19.9 Å². The number of benzene rings is 1. The van der Waals surface area contributed by atoms with Gasteiger partial charge in [0.25, 0.3) is 16.0 Å². The molecule has 0 aliphatic rings. The molecule has 1 aromatic heterocycles. The molecule has 0 aliphatic carbocycles. The Hall–Kier alpha value is -1.77. The standard InChI is InChI=1S/C12H14ClN5O2S/c1-7-8(2)16-17-12(15-7)18-21(19,20)11-4-3-9(6-14)5-10(11)13/h3-5H,6,14H2,1-2H3,(H,15,17,18). The van der Waals surface area contributed by atoms with Crippen LogP contribution in [0.4, 0.5) is 5.95 Å². The second-order valence-corrected chi connectivity index (χ2v) is 6.44. The molecule has 0 saturated carbocycles. The molecule has 0 spiro atoms. The first-order chi connectivity index (χ1) is 9.83. The van der Waals surface area contributed by atoms with Crippen molar-refractivity contribution in [3.05, 3.63) is 40.2 Å². The molecule has 1 aromatic carbocycles. The maximum absolute atomic E-state index is 12.3. The predicted octanol–water partition coefficient (Wildman–Crippen LogP) is 1.40. The number of aryl methyl sites for hydroxylation is 2. The minimum atomic E-state index is -3.89. The zero-order valence-corrected chi connectivity index (χ0v) is 13.0. The van der Waals surface area contributed by atoms with Crippen molar-refractivity contribution in [1.82, 2.24) is 15.2 Å². The monoisotopic (exact) mass is 327 g/mol. The number of hydrogen-bond donors (Lipinski definition) is 2. The van der Waals surface area contributed by atoms with Crippen LogP contribution in [0.5, 0.6) is 0 Å². The first-order valence-electron chi connectivity index (χ1n) is 6.02. The molecule has 0 radical (unpaired) electrons. The highest BCUT2D eigenvalue weighted by atomic mass is 35.5. The van der Waals surface area contributed by atoms with E-state index < -0.39 is 10.0 Å². The van der Waals surface area contributed by atoms with Gasteiger partial charge in [-0.3, -0.25) is 0 Å². The topological polar surface area (TPSA) is 111 Å². The normalized spacial score (nSPS) is 11.4. The van der Waals surface area contributed by atoms with Crippen molar-refractivity contribution in [1.29, 1.82) is 0 Å². The van der Waals surface area contributed by atoms with Crippen LogP contribution in [0.1, 0.15) is 17.0 Å². The summed E-state index contributed by atoms with van der Waals surface area (Å²) in [5, 5.41) is 7.60. The Bertz CT molecular complexity index is 779. The molecule has 0 unspecified atom stereocenters. The van der Waals surface area contributed by atoms with Gasteiger partial charge in [-0.25, -0.2) is 18.1 Å². The number of rotatable bonds is 4. The van der Waals surface area contributed by atoms with Gasteiger partial charge in [0.05, 0.1) is 16.4 Å². The van der Waals surface area contributed by atoms with Gasteiger partial charge in [0.15, 0.2) is 0 Å². The lowest BCUT2D eigenvalue weighted by Gasteiger charge is -2.09. The molecule has 2 aromatic rings. The van der Waals surface area contributed by atoms with Gasteiger partial charge < -0.3 is 5.73 Å². The average Bonchev–Trinajstić information content (AvgIpc) is 2.42. The van der Waals surface area contributed by atoms with Crippen LogP contribution in [-0.2, 0) is 16.6 Å². The third kappa shape index (κ3) is 3.46. The van der Waals surface area contributed by atoms with Gasteiger partial charge in [-0.2, -0.15) is 5.10 Å². The summed E-state index contributed by atoms with van der Waals surface area (Å²) in [6.07, 6.45) is 0. The van der Waals surface area contributed by atoms with Crippen molar-refractivity contribution in [3.8, 4) is 0 Å². The van der Waals surface area contributed by atoms with Crippen LogP contribution < -0.4 is 10.5 Å². The highest BCUT2D eigenvalue weighted by molar-refractivity contribution is 7.92. The number of halogens is 1. The van der Waals surface area contributed by atoms with Crippen LogP contribution in [0.2, 0.25) is 5.02 Å². The van der Waals surface area contributed by atoms with Crippen LogP contribution >= 0.6 is 11.6 Å². The number of nitrogens with zero attached hydrogens (tertiary/aromatic N) is 3. The second kappa shape index (κ2) is 5.92. The van der Waals surface area contributed by atoms with Crippen molar-refractivity contribution in [2.75, 3.05) is 4.72 Å². The molecular weight excluding hydrogens is 314 g/mol. The molecule has 2 rings (SSSR count). The van der Waals surface area contributed by atoms with E-state index >= 15 is 0 Å². The lowest BCUT2D eigenvalue weighted by molar-refractivity contribution is 0.600. The van der Waals surface area contributed by atoms with Crippen LogP contribution in [0.15, 0.2) is 23.1 Å². The van der Waals surface area contributed by atoms with E-state index in [1.165, 1.54) is 12.1 Å². The molecule has 0 atom stereocenters. The van der Waals surface area contributed by atoms with Crippen molar-refractivity contribution < 1.29 is 8.42 Å². The molecule has 0 fully saturated rings. The van der Waals surface area contributed by atoms with Gasteiger partial charge in [0.2, 0.25) is 0 Å². The van der Waals surface area contributed by atoms with Crippen molar-refractivity contribution in [3.63, 3.8) is 0 Å². The first kappa shape index (κ1) is 15.6. The predicted molar refractivity (Wildman–Crippen MR) is 79.5 cm³/mol. The fraction of sp³-hybridized carbons (Fsp3) is 0.250. The summed E-state index contributed by atoms with van der Waals surface area (Å²) in [6.45, 7) is 3.72. The van der Waals surface area contributed by atoms with Crippen molar-refractivity contribution in [2.45, 2.75) is 25.3 Å². The second-order valence-electron chi connectivity index (χ2n) is 4.38. The molecule has 0 aliphatic heterocycles. The number of sulfonamides is 1. The molecule has 9 heteroatoms. The zero-order valence-electron chi connectivity index (χ0n) is 11.5. The maximum Gasteiger partial charge on any atom is 0.265 e. The first-order valence-corrected chi connectivity index (χ1v) is 7.89. The molecule has 112 valence electrons. The number of hydrogen-bond acceptors (Lipinski definition) is 6. The minimum Gasteiger partial charge on any atom is -0.326 e. The number of nitrogens with one attached hydrogen (secondary N) is 1. The van der Waals surface area contributed by atoms with Crippen LogP contribution in [0.3, 0.4) is 0 Å². The molecule has 0 amide bonds. The Balaban J connectivity index is 2.36. The third-order valence-corrected chi connectivity index (χ3v) is 4.65. The molecular formula is C12H14ClN5O2S. The summed E-state index contributed by atoms with van der Waals surface area (Å²) >= 11 is 5.98. The van der Waals surface area contributed by atoms with Gasteiger partial charge in [-0.1, -0.05) is 17.7 Å². The van der Waals surface area contributed by atoms with Gasteiger partial charge >= 0.3 is 0 Å². The average molecular weight is 328 g/mol. The lowest BCUT2D eigenvalue weighted by atomic mass is 10.2. The lowest BCUT2D eigenvalue weighted by Crippen LogP contribution is -2.17. The van der Waals surface area contributed by atoms with E-state index in [1.807, 2.05) is 0 Å². The van der Waals surface area contributed by atoms with Gasteiger partial charge in [-0.05, 0) is 31.5 Å². The zero-order chi connectivity index (χ0) is 15.6. The number of aromatic nitrogens is 3. The summed E-state index contributed by atoms with van der Waals surface area (Å²) in [4.78, 5) is 3.95. The van der Waals surface area contributed by atoms with Crippen molar-refractivity contribution in [2.24, 2.45) is 5.73 Å². The Morgan fingerprint density at radius 3 is 2.52 bits per heavy atom. The van der Waals surface area contributed by atoms with E-state index in [0.717, 1.165) is 5.56 Å². The quantitative estimate of drug-likeness (QED) is 0.878. The van der Waals surface area contributed by atoms with Crippen LogP contribution in [0.25, 0.3) is 0 Å². The fourth-order valence-electron chi connectivity index (χ4n) is 1.56. The van der Waals surface area contributed by atoms with Gasteiger partial charge in [0.1, 0.15) is 4.90 Å². The van der Waals surface area contributed by atoms with Gasteiger partial charge in [0, 0.05) is 6.54 Å². The summed E-state index contributed by atoms with van der Waals surface area (Å²) in [7, 11) is -3.89. The molecule has 7 nitrogen and oxygen atoms in total. The summed E-state index contributed by atoms with van der Waals surface area (Å²) in [5.41, 5.74) is 7.44. The summed E-state index contributed by atoms with van der Waals surface area (Å²) in [5.74, 6) is -0.0999. The van der Waals surface area contributed by atoms with E-state index in [4.69, 9.17) is 17.3 Å². The highest BCUT2D eigenvalue weighted by Gasteiger charge is 2.20. The molecule has 1 heterocycles.